The van der Waals surface area contributed by atoms with Gasteiger partial charge in [0.1, 0.15) is 13.2 Å². The molecular weight excluding hydrogens is 284 g/mol. The van der Waals surface area contributed by atoms with Gasteiger partial charge in [0.25, 0.3) is 0 Å². The zero-order valence-corrected chi connectivity index (χ0v) is 12.0. The number of thioether (sulfide) groups is 1. The van der Waals surface area contributed by atoms with E-state index in [2.05, 4.69) is 9.73 Å². The SMILES string of the molecule is CS/C(=N\C(=O)OCCC#N)N(C)C(=O)OCCC#N. The molecule has 0 radical (unpaired) electrons. The van der Waals surface area contributed by atoms with Gasteiger partial charge in [-0.1, -0.05) is 11.8 Å². The van der Waals surface area contributed by atoms with Crippen LogP contribution in [0.25, 0.3) is 0 Å². The lowest BCUT2D eigenvalue weighted by atomic mass is 10.5. The molecule has 2 amide bonds. The molecule has 0 rings (SSSR count). The molecule has 0 aliphatic rings. The average Bonchev–Trinajstić information content (AvgIpc) is 2.44. The molecule has 0 aromatic heterocycles. The summed E-state index contributed by atoms with van der Waals surface area (Å²) < 4.78 is 9.44. The summed E-state index contributed by atoms with van der Waals surface area (Å²) in [6.07, 6.45) is 0.170. The first-order valence-electron chi connectivity index (χ1n) is 5.50. The van der Waals surface area contributed by atoms with Crippen molar-refractivity contribution < 1.29 is 19.1 Å². The number of carbonyl (C=O) groups is 2. The van der Waals surface area contributed by atoms with Gasteiger partial charge in [-0.3, -0.25) is 4.90 Å². The van der Waals surface area contributed by atoms with Gasteiger partial charge in [0.15, 0.2) is 5.17 Å². The number of nitrogens with zero attached hydrogens (tertiary/aromatic N) is 4. The van der Waals surface area contributed by atoms with Gasteiger partial charge in [-0.25, -0.2) is 9.59 Å². The van der Waals surface area contributed by atoms with Crippen LogP contribution in [0.15, 0.2) is 4.99 Å². The minimum atomic E-state index is -0.888. The number of amides is 2. The maximum Gasteiger partial charge on any atom is 0.436 e. The van der Waals surface area contributed by atoms with Gasteiger partial charge in [-0.05, 0) is 6.26 Å². The fourth-order valence-corrected chi connectivity index (χ4v) is 1.43. The fourth-order valence-electron chi connectivity index (χ4n) is 0.911. The highest BCUT2D eigenvalue weighted by molar-refractivity contribution is 8.13. The predicted molar refractivity (Wildman–Crippen MR) is 71.9 cm³/mol. The lowest BCUT2D eigenvalue weighted by Gasteiger charge is -2.16. The molecule has 0 aromatic carbocycles. The second kappa shape index (κ2) is 10.6. The number of hydrogen-bond donors (Lipinski definition) is 0. The molecule has 0 aromatic rings. The monoisotopic (exact) mass is 298 g/mol. The van der Waals surface area contributed by atoms with Crippen molar-refractivity contribution in [3.8, 4) is 12.1 Å². The first kappa shape index (κ1) is 17.7. The Bertz CT molecular complexity index is 452. The maximum absolute atomic E-state index is 11.6. The molecule has 0 atom stereocenters. The topological polar surface area (TPSA) is 116 Å². The summed E-state index contributed by atoms with van der Waals surface area (Å²) in [5.74, 6) is 0. The third-order valence-electron chi connectivity index (χ3n) is 1.81. The zero-order valence-electron chi connectivity index (χ0n) is 11.2. The molecule has 9 heteroatoms. The molecule has 108 valence electrons. The number of ether oxygens (including phenoxy) is 2. The Kier molecular flexibility index (Phi) is 9.44. The Morgan fingerprint density at radius 2 is 1.75 bits per heavy atom. The average molecular weight is 298 g/mol. The van der Waals surface area contributed by atoms with Gasteiger partial charge < -0.3 is 9.47 Å². The molecule has 0 bridgehead atoms. The first-order chi connectivity index (χ1) is 9.56. The molecule has 0 aliphatic heterocycles. The standard InChI is InChI=1S/C11H14N4O4S/c1-15(11(17)19-8-4-6-13)9(20-2)14-10(16)18-7-3-5-12/h3-4,7-8H2,1-2H3/b14-9-. The van der Waals surface area contributed by atoms with E-state index in [9.17, 15) is 9.59 Å². The highest BCUT2D eigenvalue weighted by atomic mass is 32.2. The Morgan fingerprint density at radius 3 is 2.25 bits per heavy atom. The Labute approximate surface area is 121 Å². The van der Waals surface area contributed by atoms with Gasteiger partial charge in [0.2, 0.25) is 0 Å². The molecule has 0 saturated heterocycles. The van der Waals surface area contributed by atoms with Crippen LogP contribution >= 0.6 is 11.8 Å². The van der Waals surface area contributed by atoms with Crippen molar-refractivity contribution in [3.63, 3.8) is 0 Å². The molecule has 0 N–H and O–H groups in total. The number of hydrogen-bond acceptors (Lipinski definition) is 7. The van der Waals surface area contributed by atoms with Crippen molar-refractivity contribution in [2.45, 2.75) is 12.8 Å². The van der Waals surface area contributed by atoms with E-state index in [0.29, 0.717) is 0 Å². The van der Waals surface area contributed by atoms with Crippen LogP contribution in [-0.2, 0) is 9.47 Å². The number of carbonyl (C=O) groups excluding carboxylic acids is 2. The summed E-state index contributed by atoms with van der Waals surface area (Å²) in [4.78, 5) is 27.5. The van der Waals surface area contributed by atoms with E-state index >= 15 is 0 Å². The molecule has 20 heavy (non-hydrogen) atoms. The lowest BCUT2D eigenvalue weighted by Crippen LogP contribution is -2.32. The first-order valence-corrected chi connectivity index (χ1v) is 6.73. The van der Waals surface area contributed by atoms with Crippen molar-refractivity contribution in [1.82, 2.24) is 4.90 Å². The summed E-state index contributed by atoms with van der Waals surface area (Å²) in [6, 6.07) is 3.65. The van der Waals surface area contributed by atoms with Crippen LogP contribution in [0.1, 0.15) is 12.8 Å². The van der Waals surface area contributed by atoms with Crippen LogP contribution in [0.3, 0.4) is 0 Å². The van der Waals surface area contributed by atoms with Gasteiger partial charge in [0, 0.05) is 7.05 Å². The van der Waals surface area contributed by atoms with Gasteiger partial charge in [-0.2, -0.15) is 15.5 Å². The Hall–Kier alpha value is -2.26. The van der Waals surface area contributed by atoms with E-state index in [1.807, 2.05) is 12.1 Å². The van der Waals surface area contributed by atoms with Crippen molar-refractivity contribution >= 4 is 29.1 Å². The molecule has 0 unspecified atom stereocenters. The molecule has 0 heterocycles. The van der Waals surface area contributed by atoms with Crippen LogP contribution in [0.2, 0.25) is 0 Å². The summed E-state index contributed by atoms with van der Waals surface area (Å²) in [5.41, 5.74) is 0. The van der Waals surface area contributed by atoms with Crippen molar-refractivity contribution in [2.75, 3.05) is 26.5 Å². The maximum atomic E-state index is 11.6. The third-order valence-corrected chi connectivity index (χ3v) is 2.54. The normalized spacial score (nSPS) is 10.1. The quantitative estimate of drug-likeness (QED) is 0.441. The molecule has 0 aliphatic carbocycles. The number of amidine groups is 1. The van der Waals surface area contributed by atoms with E-state index in [4.69, 9.17) is 15.3 Å². The molecule has 0 fully saturated rings. The Balaban J connectivity index is 4.49. The molecule has 0 saturated carbocycles. The van der Waals surface area contributed by atoms with Crippen molar-refractivity contribution in [1.29, 1.82) is 10.5 Å². The van der Waals surface area contributed by atoms with Crippen LogP contribution in [0, 0.1) is 22.7 Å². The second-order valence-electron chi connectivity index (χ2n) is 3.20. The largest absolute Gasteiger partial charge is 0.448 e. The van der Waals surface area contributed by atoms with Crippen molar-refractivity contribution in [3.05, 3.63) is 0 Å². The van der Waals surface area contributed by atoms with E-state index in [1.165, 1.54) is 7.05 Å². The predicted octanol–water partition coefficient (Wildman–Crippen LogP) is 1.74. The van der Waals surface area contributed by atoms with E-state index < -0.39 is 12.2 Å². The number of nitriles is 2. The van der Waals surface area contributed by atoms with Crippen LogP contribution < -0.4 is 0 Å². The number of rotatable bonds is 4. The van der Waals surface area contributed by atoms with Crippen LogP contribution in [0.4, 0.5) is 9.59 Å². The molecular formula is C11H14N4O4S. The minimum Gasteiger partial charge on any atom is -0.448 e. The second-order valence-corrected chi connectivity index (χ2v) is 3.98. The Morgan fingerprint density at radius 1 is 1.20 bits per heavy atom. The smallest absolute Gasteiger partial charge is 0.436 e. The van der Waals surface area contributed by atoms with E-state index in [-0.39, 0.29) is 31.2 Å². The van der Waals surface area contributed by atoms with Crippen LogP contribution in [0.5, 0.6) is 0 Å². The third kappa shape index (κ3) is 7.24. The summed E-state index contributed by atoms with van der Waals surface area (Å²) in [5, 5.41) is 16.7. The zero-order chi connectivity index (χ0) is 15.4. The van der Waals surface area contributed by atoms with Crippen LogP contribution in [-0.4, -0.2) is 48.8 Å². The van der Waals surface area contributed by atoms with Crippen molar-refractivity contribution in [2.24, 2.45) is 4.99 Å². The summed E-state index contributed by atoms with van der Waals surface area (Å²) in [6.45, 7) is -0.0925. The molecule has 0 spiro atoms. The van der Waals surface area contributed by atoms with Gasteiger partial charge in [0.05, 0.1) is 25.0 Å². The highest BCUT2D eigenvalue weighted by Crippen LogP contribution is 2.06. The fraction of sp³-hybridized carbons (Fsp3) is 0.545. The minimum absolute atomic E-state index is 0.0338. The highest BCUT2D eigenvalue weighted by Gasteiger charge is 2.17. The van der Waals surface area contributed by atoms with E-state index in [1.54, 1.807) is 6.26 Å². The number of aliphatic imine (C=N–C) groups is 1. The summed E-state index contributed by atoms with van der Waals surface area (Å²) in [7, 11) is 1.38. The molecule has 8 nitrogen and oxygen atoms in total. The lowest BCUT2D eigenvalue weighted by molar-refractivity contribution is 0.130. The van der Waals surface area contributed by atoms with E-state index in [0.717, 1.165) is 16.7 Å². The summed E-state index contributed by atoms with van der Waals surface area (Å²) >= 11 is 1.06. The van der Waals surface area contributed by atoms with Gasteiger partial charge in [-0.15, -0.1) is 0 Å². The van der Waals surface area contributed by atoms with Gasteiger partial charge >= 0.3 is 12.2 Å².